The van der Waals surface area contributed by atoms with Crippen molar-refractivity contribution in [2.75, 3.05) is 6.26 Å². The molecule has 3 atom stereocenters. The monoisotopic (exact) mass is 436 g/mol. The molecule has 30 heavy (non-hydrogen) atoms. The summed E-state index contributed by atoms with van der Waals surface area (Å²) in [5.74, 6) is 0.494. The molecule has 0 spiro atoms. The van der Waals surface area contributed by atoms with Gasteiger partial charge in [0.25, 0.3) is 0 Å². The molecule has 2 amide bonds. The Hall–Kier alpha value is -2.74. The van der Waals surface area contributed by atoms with Crippen LogP contribution in [0, 0.1) is 29.1 Å². The highest BCUT2D eigenvalue weighted by Crippen LogP contribution is 2.40. The van der Waals surface area contributed by atoms with Crippen molar-refractivity contribution in [3.05, 3.63) is 42.0 Å². The first-order chi connectivity index (χ1) is 14.0. The second-order valence-corrected chi connectivity index (χ2v) is 9.81. The largest absolute Gasteiger partial charge is 0.294 e. The standard InChI is InChI=1S/C20H28N4O5S/c1-14(2)13-16(18(25)23-22)17(19(26)24-27)20(11-12-21,30(3,28)29)10-9-15-7-5-4-6-8-15/h4-10,14,16-17,27H,11,13,22H2,1-3H3,(H,23,25)(H,24,26)/b10-9+/t16-,17+,20?/m1/s1. The van der Waals surface area contributed by atoms with Gasteiger partial charge in [-0.25, -0.2) is 19.7 Å². The summed E-state index contributed by atoms with van der Waals surface area (Å²) in [6.45, 7) is 3.58. The molecule has 1 aromatic carbocycles. The average Bonchev–Trinajstić information content (AvgIpc) is 2.70. The van der Waals surface area contributed by atoms with Crippen molar-refractivity contribution in [2.45, 2.75) is 31.4 Å². The third-order valence-electron chi connectivity index (χ3n) is 4.93. The van der Waals surface area contributed by atoms with Crippen LogP contribution in [0.5, 0.6) is 0 Å². The number of hydrogen-bond donors (Lipinski definition) is 4. The molecule has 0 bridgehead atoms. The lowest BCUT2D eigenvalue weighted by Gasteiger charge is -2.38. The number of amides is 2. The van der Waals surface area contributed by atoms with E-state index < -0.39 is 44.7 Å². The molecule has 1 rings (SSSR count). The molecule has 0 saturated carbocycles. The number of hydrogen-bond acceptors (Lipinski definition) is 7. The number of carbonyl (C=O) groups excluding carboxylic acids is 2. The lowest BCUT2D eigenvalue weighted by molar-refractivity contribution is -0.141. The van der Waals surface area contributed by atoms with E-state index in [0.717, 1.165) is 6.26 Å². The maximum Gasteiger partial charge on any atom is 0.249 e. The number of hydrazine groups is 1. The predicted molar refractivity (Wildman–Crippen MR) is 112 cm³/mol. The van der Waals surface area contributed by atoms with Crippen LogP contribution >= 0.6 is 0 Å². The van der Waals surface area contributed by atoms with Gasteiger partial charge in [0.1, 0.15) is 4.75 Å². The zero-order valence-corrected chi connectivity index (χ0v) is 18.0. The highest BCUT2D eigenvalue weighted by Gasteiger charge is 2.54. The third kappa shape index (κ3) is 5.89. The fourth-order valence-corrected chi connectivity index (χ4v) is 4.88. The molecule has 5 N–H and O–H groups in total. The summed E-state index contributed by atoms with van der Waals surface area (Å²) in [7, 11) is -4.14. The van der Waals surface area contributed by atoms with Crippen molar-refractivity contribution >= 4 is 27.7 Å². The van der Waals surface area contributed by atoms with E-state index in [1.54, 1.807) is 44.2 Å². The quantitative estimate of drug-likeness (QED) is 0.185. The Kier molecular flexibility index (Phi) is 9.17. The topological polar surface area (TPSA) is 162 Å². The average molecular weight is 437 g/mol. The maximum absolute atomic E-state index is 13.0. The molecule has 0 aliphatic carbocycles. The summed E-state index contributed by atoms with van der Waals surface area (Å²) in [5.41, 5.74) is 4.07. The molecule has 9 nitrogen and oxygen atoms in total. The molecule has 164 valence electrons. The molecule has 0 saturated heterocycles. The molecular formula is C20H28N4O5S. The van der Waals surface area contributed by atoms with Gasteiger partial charge in [-0.3, -0.25) is 20.2 Å². The minimum atomic E-state index is -4.14. The zero-order valence-electron chi connectivity index (χ0n) is 17.2. The number of benzene rings is 1. The van der Waals surface area contributed by atoms with Crippen molar-refractivity contribution in [3.63, 3.8) is 0 Å². The number of rotatable bonds is 10. The number of nitriles is 1. The van der Waals surface area contributed by atoms with E-state index in [4.69, 9.17) is 5.84 Å². The van der Waals surface area contributed by atoms with Gasteiger partial charge in [0.05, 0.1) is 24.3 Å². The van der Waals surface area contributed by atoms with Crippen LogP contribution < -0.4 is 16.7 Å². The number of carbonyl (C=O) groups is 2. The van der Waals surface area contributed by atoms with Gasteiger partial charge in [-0.2, -0.15) is 5.26 Å². The Balaban J connectivity index is 3.83. The van der Waals surface area contributed by atoms with Crippen LogP contribution in [-0.4, -0.2) is 36.4 Å². The summed E-state index contributed by atoms with van der Waals surface area (Å²) in [4.78, 5) is 25.3. The molecule has 10 heteroatoms. The maximum atomic E-state index is 13.0. The Morgan fingerprint density at radius 2 is 1.87 bits per heavy atom. The zero-order chi connectivity index (χ0) is 22.9. The molecule has 0 fully saturated rings. The van der Waals surface area contributed by atoms with E-state index >= 15 is 0 Å². The van der Waals surface area contributed by atoms with E-state index in [1.165, 1.54) is 17.6 Å². The van der Waals surface area contributed by atoms with Crippen LogP contribution in [0.25, 0.3) is 6.08 Å². The van der Waals surface area contributed by atoms with Crippen molar-refractivity contribution in [1.29, 1.82) is 5.26 Å². The number of sulfone groups is 1. The molecule has 0 aliphatic heterocycles. The fourth-order valence-electron chi connectivity index (χ4n) is 3.51. The lowest BCUT2D eigenvalue weighted by Crippen LogP contribution is -2.56. The number of nitrogens with two attached hydrogens (primary N) is 1. The molecule has 0 radical (unpaired) electrons. The minimum absolute atomic E-state index is 0.100. The van der Waals surface area contributed by atoms with Crippen molar-refractivity contribution in [3.8, 4) is 6.07 Å². The van der Waals surface area contributed by atoms with Gasteiger partial charge in [-0.15, -0.1) is 0 Å². The predicted octanol–water partition coefficient (Wildman–Crippen LogP) is 1.17. The van der Waals surface area contributed by atoms with Gasteiger partial charge in [0.2, 0.25) is 11.8 Å². The van der Waals surface area contributed by atoms with Gasteiger partial charge in [0, 0.05) is 6.26 Å². The van der Waals surface area contributed by atoms with E-state index in [1.807, 2.05) is 11.5 Å². The molecule has 0 aromatic heterocycles. The first kappa shape index (κ1) is 25.3. The molecule has 1 unspecified atom stereocenters. The normalized spacial score (nSPS) is 15.8. The number of nitrogens with one attached hydrogen (secondary N) is 2. The first-order valence-corrected chi connectivity index (χ1v) is 11.2. The van der Waals surface area contributed by atoms with Crippen molar-refractivity contribution in [2.24, 2.45) is 23.6 Å². The summed E-state index contributed by atoms with van der Waals surface area (Å²) < 4.78 is 23.9. The second-order valence-electron chi connectivity index (χ2n) is 7.50. The van der Waals surface area contributed by atoms with E-state index in [9.17, 15) is 28.5 Å². The van der Waals surface area contributed by atoms with Gasteiger partial charge in [-0.1, -0.05) is 56.3 Å². The summed E-state index contributed by atoms with van der Waals surface area (Å²) in [5, 5.41) is 18.8. The van der Waals surface area contributed by atoms with E-state index in [2.05, 4.69) is 0 Å². The van der Waals surface area contributed by atoms with E-state index in [0.29, 0.717) is 5.56 Å². The van der Waals surface area contributed by atoms with E-state index in [-0.39, 0.29) is 12.3 Å². The molecule has 0 heterocycles. The van der Waals surface area contributed by atoms with Crippen LogP contribution in [0.15, 0.2) is 36.4 Å². The molecule has 1 aromatic rings. The molecule has 0 aliphatic rings. The smallest absolute Gasteiger partial charge is 0.249 e. The Morgan fingerprint density at radius 1 is 1.27 bits per heavy atom. The Labute approximate surface area is 176 Å². The molecular weight excluding hydrogens is 408 g/mol. The van der Waals surface area contributed by atoms with Gasteiger partial charge in [0.15, 0.2) is 9.84 Å². The van der Waals surface area contributed by atoms with Gasteiger partial charge in [-0.05, 0) is 17.9 Å². The Bertz CT molecular complexity index is 909. The van der Waals surface area contributed by atoms with Gasteiger partial charge >= 0.3 is 0 Å². The fraction of sp³-hybridized carbons (Fsp3) is 0.450. The third-order valence-corrected chi connectivity index (χ3v) is 6.84. The highest BCUT2D eigenvalue weighted by molar-refractivity contribution is 7.92. The second kappa shape index (κ2) is 10.9. The minimum Gasteiger partial charge on any atom is -0.294 e. The van der Waals surface area contributed by atoms with Crippen LogP contribution in [0.1, 0.15) is 32.3 Å². The first-order valence-electron chi connectivity index (χ1n) is 9.29. The van der Waals surface area contributed by atoms with Gasteiger partial charge < -0.3 is 0 Å². The van der Waals surface area contributed by atoms with Crippen molar-refractivity contribution in [1.82, 2.24) is 10.9 Å². The van der Waals surface area contributed by atoms with Crippen LogP contribution in [0.3, 0.4) is 0 Å². The summed E-state index contributed by atoms with van der Waals surface area (Å²) in [6, 6.07) is 10.5. The number of nitrogens with zero attached hydrogens (tertiary/aromatic N) is 1. The van der Waals surface area contributed by atoms with Crippen LogP contribution in [0.4, 0.5) is 0 Å². The highest BCUT2D eigenvalue weighted by atomic mass is 32.2. The summed E-state index contributed by atoms with van der Waals surface area (Å²) >= 11 is 0. The SMILES string of the molecule is CC(C)C[C@@H](C(=O)NN)[C@@H](C(=O)NO)C(/C=C/c1ccccc1)(CC#N)S(C)(=O)=O. The van der Waals surface area contributed by atoms with Crippen molar-refractivity contribution < 1.29 is 23.2 Å². The van der Waals surface area contributed by atoms with Crippen LogP contribution in [0.2, 0.25) is 0 Å². The van der Waals surface area contributed by atoms with Crippen LogP contribution in [-0.2, 0) is 19.4 Å². The number of hydroxylamine groups is 1. The Morgan fingerprint density at radius 3 is 2.30 bits per heavy atom. The summed E-state index contributed by atoms with van der Waals surface area (Å²) in [6.07, 6.45) is 3.10. The lowest BCUT2D eigenvalue weighted by atomic mass is 9.74.